The van der Waals surface area contributed by atoms with Gasteiger partial charge in [0.25, 0.3) is 0 Å². The lowest BCUT2D eigenvalue weighted by Crippen LogP contribution is -2.33. The molecule has 0 aliphatic heterocycles. The molecular weight excluding hydrogens is 490 g/mol. The van der Waals surface area contributed by atoms with E-state index in [-0.39, 0.29) is 18.6 Å². The molecule has 210 valence electrons. The molecule has 1 N–H and O–H groups in total. The van der Waals surface area contributed by atoms with Gasteiger partial charge in [-0.05, 0) is 56.7 Å². The number of hydrogen-bond acceptors (Lipinski definition) is 5. The summed E-state index contributed by atoms with van der Waals surface area (Å²) in [5.41, 5.74) is 1.28. The Morgan fingerprint density at radius 2 is 1.65 bits per heavy atom. The highest BCUT2D eigenvalue weighted by atomic mass is 35.5. The predicted octanol–water partition coefficient (Wildman–Crippen LogP) is 9.11. The van der Waals surface area contributed by atoms with Gasteiger partial charge in [-0.25, -0.2) is 9.59 Å². The summed E-state index contributed by atoms with van der Waals surface area (Å²) < 4.78 is 16.9. The molecule has 0 saturated heterocycles. The van der Waals surface area contributed by atoms with Crippen molar-refractivity contribution >= 4 is 29.4 Å². The number of hydrogen-bond donors (Lipinski definition) is 1. The van der Waals surface area contributed by atoms with Crippen LogP contribution in [0.3, 0.4) is 0 Å². The quantitative estimate of drug-likeness (QED) is 0.115. The first kappa shape index (κ1) is 32.8. The molecule has 37 heavy (non-hydrogen) atoms. The molecule has 1 atom stereocenters. The second-order valence-corrected chi connectivity index (χ2v) is 10.6. The Morgan fingerprint density at radius 3 is 2.30 bits per heavy atom. The van der Waals surface area contributed by atoms with Crippen molar-refractivity contribution in [3.8, 4) is 5.75 Å². The Kier molecular flexibility index (Phi) is 16.8. The van der Waals surface area contributed by atoms with E-state index in [9.17, 15) is 9.59 Å². The van der Waals surface area contributed by atoms with E-state index in [1.807, 2.05) is 27.7 Å². The molecular formula is C30H48ClNO5. The molecule has 0 aromatic heterocycles. The lowest BCUT2D eigenvalue weighted by molar-refractivity contribution is -0.152. The fourth-order valence-electron chi connectivity index (χ4n) is 3.72. The number of benzene rings is 1. The number of carbonyl (C=O) groups excluding carboxylic acids is 2. The maximum Gasteiger partial charge on any atom is 0.412 e. The Bertz CT molecular complexity index is 837. The zero-order valence-electron chi connectivity index (χ0n) is 23.7. The summed E-state index contributed by atoms with van der Waals surface area (Å²) in [6.07, 6.45) is 10.6. The van der Waals surface area contributed by atoms with Gasteiger partial charge in [-0.1, -0.05) is 90.3 Å². The van der Waals surface area contributed by atoms with Crippen molar-refractivity contribution in [2.24, 2.45) is 5.92 Å². The molecule has 0 aliphatic carbocycles. The van der Waals surface area contributed by atoms with E-state index in [2.05, 4.69) is 25.2 Å². The number of halogens is 1. The Hall–Kier alpha value is -2.21. The molecule has 1 amide bonds. The van der Waals surface area contributed by atoms with Crippen molar-refractivity contribution in [2.45, 2.75) is 118 Å². The zero-order valence-corrected chi connectivity index (χ0v) is 24.5. The van der Waals surface area contributed by atoms with Crippen LogP contribution in [0.4, 0.5) is 10.5 Å². The van der Waals surface area contributed by atoms with E-state index >= 15 is 0 Å². The smallest absolute Gasteiger partial charge is 0.412 e. The third-order valence-electron chi connectivity index (χ3n) is 5.66. The van der Waals surface area contributed by atoms with Gasteiger partial charge in [-0.3, -0.25) is 5.32 Å². The van der Waals surface area contributed by atoms with Gasteiger partial charge in [-0.15, -0.1) is 0 Å². The maximum absolute atomic E-state index is 13.1. The number of amides is 1. The fraction of sp³-hybridized carbons (Fsp3) is 0.667. The molecule has 1 aromatic carbocycles. The van der Waals surface area contributed by atoms with Gasteiger partial charge in [0, 0.05) is 11.8 Å². The molecule has 0 aliphatic rings. The molecule has 1 aromatic rings. The standard InChI is InChI=1S/C30H48ClNO5/c1-7-9-11-12-13-15-17-24(16-14-10-8-2)28(29(33)35-21-22(3)4)37-30(34)32-25-18-19-26(31)27(20-25)36-23(5)6/h16,18-20,22-23,28H,7-15,17,21H2,1-6H3,(H,32,34). The summed E-state index contributed by atoms with van der Waals surface area (Å²) in [5.74, 6) is 0.112. The first-order valence-corrected chi connectivity index (χ1v) is 14.3. The van der Waals surface area contributed by atoms with Crippen LogP contribution in [-0.2, 0) is 14.3 Å². The lowest BCUT2D eigenvalue weighted by atomic mass is 9.99. The van der Waals surface area contributed by atoms with E-state index in [0.717, 1.165) is 44.1 Å². The first-order chi connectivity index (χ1) is 17.7. The topological polar surface area (TPSA) is 73.9 Å². The minimum absolute atomic E-state index is 0.0717. The summed E-state index contributed by atoms with van der Waals surface area (Å²) in [6.45, 7) is 12.3. The monoisotopic (exact) mass is 537 g/mol. The third-order valence-corrected chi connectivity index (χ3v) is 5.97. The van der Waals surface area contributed by atoms with Crippen molar-refractivity contribution < 1.29 is 23.8 Å². The summed E-state index contributed by atoms with van der Waals surface area (Å²) in [7, 11) is 0. The highest BCUT2D eigenvalue weighted by Gasteiger charge is 2.29. The molecule has 0 saturated carbocycles. The second kappa shape index (κ2) is 18.9. The van der Waals surface area contributed by atoms with E-state index in [1.54, 1.807) is 18.2 Å². The molecule has 0 radical (unpaired) electrons. The zero-order chi connectivity index (χ0) is 27.6. The minimum Gasteiger partial charge on any atom is -0.489 e. The van der Waals surface area contributed by atoms with Crippen molar-refractivity contribution in [1.29, 1.82) is 0 Å². The molecule has 0 heterocycles. The van der Waals surface area contributed by atoms with Gasteiger partial charge in [-0.2, -0.15) is 0 Å². The highest BCUT2D eigenvalue weighted by molar-refractivity contribution is 6.32. The molecule has 0 spiro atoms. The van der Waals surface area contributed by atoms with E-state index in [4.69, 9.17) is 25.8 Å². The van der Waals surface area contributed by atoms with E-state index in [0.29, 0.717) is 22.9 Å². The van der Waals surface area contributed by atoms with E-state index < -0.39 is 18.2 Å². The van der Waals surface area contributed by atoms with Crippen LogP contribution < -0.4 is 10.1 Å². The lowest BCUT2D eigenvalue weighted by Gasteiger charge is -2.21. The van der Waals surface area contributed by atoms with Crippen LogP contribution in [0.25, 0.3) is 0 Å². The summed E-state index contributed by atoms with van der Waals surface area (Å²) >= 11 is 6.22. The average molecular weight is 538 g/mol. The largest absolute Gasteiger partial charge is 0.489 e. The van der Waals surface area contributed by atoms with Crippen molar-refractivity contribution in [1.82, 2.24) is 0 Å². The van der Waals surface area contributed by atoms with Gasteiger partial charge in [0.15, 0.2) is 0 Å². The normalized spacial score (nSPS) is 12.5. The number of rotatable bonds is 18. The first-order valence-electron chi connectivity index (χ1n) is 14.0. The molecule has 0 bridgehead atoms. The molecule has 6 nitrogen and oxygen atoms in total. The van der Waals surface area contributed by atoms with Crippen molar-refractivity contribution in [2.75, 3.05) is 11.9 Å². The van der Waals surface area contributed by atoms with E-state index in [1.165, 1.54) is 19.3 Å². The van der Waals surface area contributed by atoms with Gasteiger partial charge in [0.2, 0.25) is 6.10 Å². The molecule has 7 heteroatoms. The Balaban J connectivity index is 3.03. The average Bonchev–Trinajstić information content (AvgIpc) is 2.84. The van der Waals surface area contributed by atoms with Crippen molar-refractivity contribution in [3.05, 3.63) is 34.9 Å². The van der Waals surface area contributed by atoms with Gasteiger partial charge in [0.05, 0.1) is 17.7 Å². The number of unbranched alkanes of at least 4 members (excludes halogenated alkanes) is 7. The number of allylic oxidation sites excluding steroid dienone is 1. The summed E-state index contributed by atoms with van der Waals surface area (Å²) in [4.78, 5) is 26.0. The van der Waals surface area contributed by atoms with Crippen LogP contribution in [0.1, 0.15) is 106 Å². The Morgan fingerprint density at radius 1 is 0.973 bits per heavy atom. The van der Waals surface area contributed by atoms with Gasteiger partial charge >= 0.3 is 12.1 Å². The predicted molar refractivity (Wildman–Crippen MR) is 153 cm³/mol. The summed E-state index contributed by atoms with van der Waals surface area (Å²) in [6, 6.07) is 4.96. The van der Waals surface area contributed by atoms with Crippen LogP contribution in [0.5, 0.6) is 5.75 Å². The van der Waals surface area contributed by atoms with Crippen molar-refractivity contribution in [3.63, 3.8) is 0 Å². The van der Waals surface area contributed by atoms with Gasteiger partial charge < -0.3 is 14.2 Å². The minimum atomic E-state index is -1.08. The second-order valence-electron chi connectivity index (χ2n) is 10.2. The maximum atomic E-state index is 13.1. The number of nitrogens with one attached hydrogen (secondary N) is 1. The molecule has 0 fully saturated rings. The van der Waals surface area contributed by atoms with Crippen LogP contribution in [0, 0.1) is 5.92 Å². The summed E-state index contributed by atoms with van der Waals surface area (Å²) in [5, 5.41) is 3.16. The number of anilines is 1. The van der Waals surface area contributed by atoms with Gasteiger partial charge in [0.1, 0.15) is 5.75 Å². The number of esters is 1. The molecule has 1 unspecified atom stereocenters. The third kappa shape index (κ3) is 14.3. The number of carbonyl (C=O) groups is 2. The Labute approximate surface area is 229 Å². The van der Waals surface area contributed by atoms with Crippen LogP contribution in [-0.4, -0.2) is 30.9 Å². The molecule has 1 rings (SSSR count). The highest BCUT2D eigenvalue weighted by Crippen LogP contribution is 2.29. The SMILES string of the molecule is CCCCC=C(CCCCCCCC)C(OC(=O)Nc1ccc(Cl)c(OC(C)C)c1)C(=O)OCC(C)C. The van der Waals surface area contributed by atoms with Crippen LogP contribution in [0.15, 0.2) is 29.8 Å². The number of ether oxygens (including phenoxy) is 3. The van der Waals surface area contributed by atoms with Crippen LogP contribution in [0.2, 0.25) is 5.02 Å². The fourth-order valence-corrected chi connectivity index (χ4v) is 3.88. The van der Waals surface area contributed by atoms with Crippen LogP contribution >= 0.6 is 11.6 Å².